The van der Waals surface area contributed by atoms with Crippen LogP contribution in [0, 0.1) is 41.5 Å². The molecule has 2 unspecified atom stereocenters. The number of benzene rings is 9. The molecule has 16 heteroatoms. The molecular weight excluding hydrogens is 1280 g/mol. The summed E-state index contributed by atoms with van der Waals surface area (Å²) in [6.45, 7) is 25.2. The van der Waals surface area contributed by atoms with Gasteiger partial charge in [-0.25, -0.2) is 16.8 Å². The van der Waals surface area contributed by atoms with Gasteiger partial charge in [-0.05, 0) is 185 Å². The van der Waals surface area contributed by atoms with Crippen LogP contribution < -0.4 is 87.9 Å². The first kappa shape index (κ1) is 79.2. The number of quaternary nitrogens is 2. The van der Waals surface area contributed by atoms with Crippen LogP contribution in [0.25, 0.3) is 66.8 Å². The van der Waals surface area contributed by atoms with Crippen LogP contribution in [0.3, 0.4) is 0 Å². The molecule has 2 aliphatic heterocycles. The van der Waals surface area contributed by atoms with E-state index in [-0.39, 0.29) is 85.2 Å². The van der Waals surface area contributed by atoms with Crippen LogP contribution in [0.15, 0.2) is 170 Å². The zero-order valence-corrected chi connectivity index (χ0v) is 65.4. The molecule has 0 aromatic heterocycles. The molecule has 0 spiro atoms. The van der Waals surface area contributed by atoms with Crippen molar-refractivity contribution in [1.29, 1.82) is 0 Å². The Kier molecular flexibility index (Phi) is 30.4. The molecule has 2 aliphatic rings. The Morgan fingerprint density at radius 3 is 0.949 bits per heavy atom. The first-order chi connectivity index (χ1) is 46.1. The van der Waals surface area contributed by atoms with Gasteiger partial charge in [-0.2, -0.15) is 0 Å². The molecule has 0 aliphatic carbocycles. The van der Waals surface area contributed by atoms with Gasteiger partial charge in [0.1, 0.15) is 45.7 Å². The molecule has 9 aromatic rings. The van der Waals surface area contributed by atoms with Crippen LogP contribution >= 0.6 is 0 Å². The average molecular weight is 1380 g/mol. The van der Waals surface area contributed by atoms with E-state index in [1.54, 1.807) is 0 Å². The number of hydrogen-bond donors (Lipinski definition) is 2. The third kappa shape index (κ3) is 21.5. The van der Waals surface area contributed by atoms with Gasteiger partial charge in [0.2, 0.25) is 0 Å². The second-order valence-corrected chi connectivity index (χ2v) is 28.7. The van der Waals surface area contributed by atoms with E-state index in [1.807, 2.05) is 81.4 Å². The van der Waals surface area contributed by atoms with Crippen LogP contribution in [0.2, 0.25) is 0 Å². The van der Waals surface area contributed by atoms with Crippen LogP contribution in [0.5, 0.6) is 23.0 Å². The van der Waals surface area contributed by atoms with Gasteiger partial charge in [0, 0.05) is 69.2 Å². The molecule has 12 nitrogen and oxygen atoms in total. The van der Waals surface area contributed by atoms with Gasteiger partial charge in [0.15, 0.2) is 0 Å². The Labute approximate surface area is 628 Å². The monoisotopic (exact) mass is 1380 g/mol. The van der Waals surface area contributed by atoms with E-state index in [2.05, 4.69) is 158 Å². The van der Waals surface area contributed by atoms with Crippen LogP contribution in [-0.2, 0) is 20.2 Å². The molecule has 0 saturated heterocycles. The Morgan fingerprint density at radius 2 is 0.592 bits per heavy atom. The minimum absolute atomic E-state index is 0. The van der Waals surface area contributed by atoms with Gasteiger partial charge >= 0.3 is 59.1 Å². The summed E-state index contributed by atoms with van der Waals surface area (Å²) in [5, 5.41) is 0. The molecule has 0 amide bonds. The van der Waals surface area contributed by atoms with Crippen molar-refractivity contribution in [2.24, 2.45) is 0 Å². The molecule has 0 bridgehead atoms. The van der Waals surface area contributed by atoms with Gasteiger partial charge in [0.25, 0.3) is 0 Å². The Hall–Kier alpha value is -6.08. The predicted octanol–water partition coefficient (Wildman–Crippen LogP) is 11.8. The molecule has 9 aromatic carbocycles. The Bertz CT molecular complexity index is 4220. The molecule has 2 heterocycles. The number of unbranched alkanes of at least 4 members (excludes halogenated alkanes) is 4. The van der Waals surface area contributed by atoms with Crippen LogP contribution in [0.4, 0.5) is 22.7 Å². The third-order valence-electron chi connectivity index (χ3n) is 17.8. The first-order valence-electron chi connectivity index (χ1n) is 34.3. The second kappa shape index (κ2) is 37.6. The van der Waals surface area contributed by atoms with Crippen molar-refractivity contribution >= 4 is 43.0 Å². The molecular formula is C82H96N2Na2O10S2+2. The fourth-order valence-corrected chi connectivity index (χ4v) is 13.3. The number of hydrogen-bond acceptors (Lipinski definition) is 10. The van der Waals surface area contributed by atoms with Crippen molar-refractivity contribution in [3.8, 4) is 89.8 Å². The first-order valence-corrected chi connectivity index (χ1v) is 37.5. The van der Waals surface area contributed by atoms with Gasteiger partial charge in [0.05, 0.1) is 59.8 Å². The largest absolute Gasteiger partial charge is 1.00 e. The second-order valence-electron chi connectivity index (χ2n) is 25.7. The Balaban J connectivity index is 0.000000207. The third-order valence-corrected chi connectivity index (χ3v) is 19.3. The number of ether oxygens (including phenoxy) is 4. The topological polar surface area (TPSA) is 160 Å². The minimum atomic E-state index is -4.25. The quantitative estimate of drug-likeness (QED) is 0.0274. The van der Waals surface area contributed by atoms with Crippen molar-refractivity contribution in [2.45, 2.75) is 133 Å². The van der Waals surface area contributed by atoms with E-state index in [1.165, 1.54) is 108 Å². The summed E-state index contributed by atoms with van der Waals surface area (Å²) in [6, 6.07) is 60.8. The van der Waals surface area contributed by atoms with E-state index in [9.17, 15) is 25.9 Å². The zero-order valence-electron chi connectivity index (χ0n) is 59.8. The van der Waals surface area contributed by atoms with Crippen molar-refractivity contribution in [1.82, 2.24) is 0 Å². The molecule has 0 radical (unpaired) electrons. The maximum atomic E-state index is 10.9. The minimum Gasteiger partial charge on any atom is -0.748 e. The smallest absolute Gasteiger partial charge is 0.748 e. The van der Waals surface area contributed by atoms with Crippen molar-refractivity contribution in [3.63, 3.8) is 0 Å². The fraction of sp³-hybridized carbons (Fsp3) is 0.341. The summed E-state index contributed by atoms with van der Waals surface area (Å²) >= 11 is 0. The molecule has 11 rings (SSSR count). The van der Waals surface area contributed by atoms with Crippen LogP contribution in [0.1, 0.15) is 125 Å². The summed E-state index contributed by atoms with van der Waals surface area (Å²) in [6.07, 6.45) is 9.32. The molecule has 0 fully saturated rings. The summed E-state index contributed by atoms with van der Waals surface area (Å²) in [5.41, 5.74) is 26.9. The average Bonchev–Trinajstić information content (AvgIpc) is 1.59. The van der Waals surface area contributed by atoms with Crippen molar-refractivity contribution in [3.05, 3.63) is 203 Å². The van der Waals surface area contributed by atoms with Gasteiger partial charge < -0.3 is 28.1 Å². The zero-order chi connectivity index (χ0) is 68.5. The van der Waals surface area contributed by atoms with E-state index in [0.29, 0.717) is 24.7 Å². The summed E-state index contributed by atoms with van der Waals surface area (Å²) in [5.74, 6) is 2.04. The SMILES string of the molecule is CCCCOc1cc(-c2ccc(-c3ccc(C)cc3)cc2)c(OCCCS(=O)(=O)[O-])cc1C.CCCCOc1cc(-c2ccc(C)cc2)c(OCCCS(=O)(=O)[O-])cc1C.CCCC[NH+]1c2ccc(C)cc2-c2cc(-c3ccc4c(c3)-c3cc(C)ccc3[NH+]4CCCC)ccc21.[Na+].[Na+]. The van der Waals surface area contributed by atoms with E-state index < -0.39 is 31.7 Å². The Morgan fingerprint density at radius 1 is 0.306 bits per heavy atom. The van der Waals surface area contributed by atoms with Gasteiger partial charge in [-0.3, -0.25) is 9.80 Å². The van der Waals surface area contributed by atoms with E-state index in [0.717, 1.165) is 100 Å². The number of rotatable bonds is 28. The van der Waals surface area contributed by atoms with E-state index in [4.69, 9.17) is 18.9 Å². The van der Waals surface area contributed by atoms with E-state index >= 15 is 0 Å². The molecule has 2 atom stereocenters. The van der Waals surface area contributed by atoms with Crippen molar-refractivity contribution in [2.75, 3.05) is 51.0 Å². The summed E-state index contributed by atoms with van der Waals surface area (Å²) in [7, 11) is -8.48. The number of fused-ring (bicyclic) bond motifs is 6. The maximum Gasteiger partial charge on any atom is 1.00 e. The predicted molar refractivity (Wildman–Crippen MR) is 391 cm³/mol. The molecule has 0 saturated carbocycles. The molecule has 506 valence electrons. The summed E-state index contributed by atoms with van der Waals surface area (Å²) < 4.78 is 88.6. The van der Waals surface area contributed by atoms with Crippen molar-refractivity contribution < 1.29 is 114 Å². The normalized spacial score (nSPS) is 13.2. The number of aryl methyl sites for hydroxylation is 6. The fourth-order valence-electron chi connectivity index (χ4n) is 12.4. The molecule has 2 N–H and O–H groups in total. The standard InChI is InChI=1S/C34H36N2.C27H32O5S.C21H28O5S.2Na/c1-5-7-17-35-31-13-9-23(3)19-27(31)29-21-25(11-15-33(29)35)26-12-16-34-30(22-26)28-20-24(4)10-14-32(28)36(34)18-8-6-2;1-4-5-15-31-26-19-25(27(18-21(26)3)32-16-6-17-33(28,29)30)24-13-11-23(12-14-24)22-9-7-20(2)8-10-22;1-4-5-11-25-20-15-19(18-9-7-16(2)8-10-18)21(14-17(20)3)26-12-6-13-27(22,23)24;;/h9-16,19-22H,5-8,17-18H2,1-4H3;7-14,18-19H,4-6,15-17H2,1-3H3,(H,28,29,30);7-10,14-15H,4-6,11-13H2,1-3H3,(H,22,23,24);;/q;;;2*+1. The summed E-state index contributed by atoms with van der Waals surface area (Å²) in [4.78, 5) is 3.06. The van der Waals surface area contributed by atoms with Gasteiger partial charge in [-0.15, -0.1) is 0 Å². The molecule has 98 heavy (non-hydrogen) atoms. The van der Waals surface area contributed by atoms with Crippen LogP contribution in [-0.4, -0.2) is 77.0 Å². The van der Waals surface area contributed by atoms with Gasteiger partial charge in [-0.1, -0.05) is 161 Å². The maximum absolute atomic E-state index is 10.9. The number of nitrogens with one attached hydrogen (secondary N) is 2.